The number of anilines is 1. The van der Waals surface area contributed by atoms with Crippen LogP contribution in [0.5, 0.6) is 11.5 Å². The molecule has 1 amide bonds. The number of pyridine rings is 1. The SMILES string of the molecule is CS(=O)c1ccc2nccc(Oc3ccc(CC(=O)Nc4cnn(C(C)(C)C)c4)cc3)c2c1. The average Bonchev–Trinajstić information content (AvgIpc) is 3.24. The van der Waals surface area contributed by atoms with Crippen molar-refractivity contribution in [1.82, 2.24) is 14.8 Å². The van der Waals surface area contributed by atoms with E-state index >= 15 is 0 Å². The molecule has 4 rings (SSSR count). The molecule has 0 aliphatic heterocycles. The zero-order chi connectivity index (χ0) is 23.6. The number of ether oxygens (including phenoxy) is 1. The summed E-state index contributed by atoms with van der Waals surface area (Å²) in [6, 6.07) is 14.7. The summed E-state index contributed by atoms with van der Waals surface area (Å²) < 4.78 is 19.7. The molecule has 1 unspecified atom stereocenters. The quantitative estimate of drug-likeness (QED) is 0.441. The van der Waals surface area contributed by atoms with Crippen LogP contribution in [-0.4, -0.2) is 31.1 Å². The molecule has 33 heavy (non-hydrogen) atoms. The van der Waals surface area contributed by atoms with Crippen molar-refractivity contribution < 1.29 is 13.7 Å². The Morgan fingerprint density at radius 1 is 1.12 bits per heavy atom. The summed E-state index contributed by atoms with van der Waals surface area (Å²) in [5, 5.41) is 7.98. The third-order valence-electron chi connectivity index (χ3n) is 5.07. The molecule has 170 valence electrons. The van der Waals surface area contributed by atoms with Gasteiger partial charge in [0.05, 0.1) is 29.4 Å². The lowest BCUT2D eigenvalue weighted by Gasteiger charge is -2.18. The predicted molar refractivity (Wildman–Crippen MR) is 130 cm³/mol. The number of fused-ring (bicyclic) bond motifs is 1. The van der Waals surface area contributed by atoms with Crippen molar-refractivity contribution in [2.45, 2.75) is 37.6 Å². The van der Waals surface area contributed by atoms with Crippen molar-refractivity contribution in [2.75, 3.05) is 11.6 Å². The van der Waals surface area contributed by atoms with E-state index in [2.05, 4.69) is 15.4 Å². The van der Waals surface area contributed by atoms with Crippen LogP contribution in [0.2, 0.25) is 0 Å². The highest BCUT2D eigenvalue weighted by atomic mass is 32.2. The summed E-state index contributed by atoms with van der Waals surface area (Å²) in [7, 11) is -1.09. The Balaban J connectivity index is 1.43. The smallest absolute Gasteiger partial charge is 0.228 e. The second kappa shape index (κ2) is 9.15. The van der Waals surface area contributed by atoms with Gasteiger partial charge in [0, 0.05) is 39.7 Å². The van der Waals surface area contributed by atoms with E-state index in [1.54, 1.807) is 24.7 Å². The first kappa shape index (κ1) is 22.7. The molecule has 1 atom stereocenters. The fourth-order valence-electron chi connectivity index (χ4n) is 3.32. The third kappa shape index (κ3) is 5.46. The van der Waals surface area contributed by atoms with Crippen molar-refractivity contribution in [3.05, 3.63) is 72.7 Å². The molecule has 0 spiro atoms. The van der Waals surface area contributed by atoms with Gasteiger partial charge >= 0.3 is 0 Å². The molecule has 2 aromatic carbocycles. The first-order valence-electron chi connectivity index (χ1n) is 10.5. The number of hydrogen-bond donors (Lipinski definition) is 1. The molecule has 8 heteroatoms. The van der Waals surface area contributed by atoms with Gasteiger partial charge in [0.2, 0.25) is 5.91 Å². The van der Waals surface area contributed by atoms with Gasteiger partial charge in [0.1, 0.15) is 11.5 Å². The summed E-state index contributed by atoms with van der Waals surface area (Å²) in [5.74, 6) is 1.16. The number of rotatable bonds is 6. The zero-order valence-corrected chi connectivity index (χ0v) is 19.8. The van der Waals surface area contributed by atoms with Crippen LogP contribution < -0.4 is 10.1 Å². The van der Waals surface area contributed by atoms with Crippen LogP contribution in [-0.2, 0) is 27.6 Å². The van der Waals surface area contributed by atoms with E-state index in [9.17, 15) is 9.00 Å². The van der Waals surface area contributed by atoms with Crippen molar-refractivity contribution in [3.8, 4) is 11.5 Å². The first-order chi connectivity index (χ1) is 15.7. The lowest BCUT2D eigenvalue weighted by molar-refractivity contribution is -0.115. The van der Waals surface area contributed by atoms with E-state index in [1.165, 1.54) is 0 Å². The van der Waals surface area contributed by atoms with E-state index in [-0.39, 0.29) is 17.9 Å². The molecule has 2 aromatic heterocycles. The number of amides is 1. The minimum atomic E-state index is -1.09. The van der Waals surface area contributed by atoms with Gasteiger partial charge < -0.3 is 10.1 Å². The fourth-order valence-corrected chi connectivity index (χ4v) is 3.86. The molecule has 0 bridgehead atoms. The second-order valence-electron chi connectivity index (χ2n) is 8.76. The Morgan fingerprint density at radius 3 is 2.55 bits per heavy atom. The number of nitrogens with zero attached hydrogens (tertiary/aromatic N) is 3. The number of aromatic nitrogens is 3. The first-order valence-corrected chi connectivity index (χ1v) is 12.1. The predicted octanol–water partition coefficient (Wildman–Crippen LogP) is 4.90. The maximum Gasteiger partial charge on any atom is 0.228 e. The van der Waals surface area contributed by atoms with E-state index in [0.29, 0.717) is 17.2 Å². The minimum absolute atomic E-state index is 0.114. The van der Waals surface area contributed by atoms with E-state index in [0.717, 1.165) is 21.4 Å². The van der Waals surface area contributed by atoms with Gasteiger partial charge in [-0.15, -0.1) is 0 Å². The molecule has 0 saturated carbocycles. The van der Waals surface area contributed by atoms with Crippen LogP contribution in [0.1, 0.15) is 26.3 Å². The lowest BCUT2D eigenvalue weighted by Crippen LogP contribution is -2.22. The molecular weight excluding hydrogens is 436 g/mol. The Kier molecular flexibility index (Phi) is 6.29. The van der Waals surface area contributed by atoms with Crippen LogP contribution in [0.3, 0.4) is 0 Å². The van der Waals surface area contributed by atoms with Crippen LogP contribution in [0.15, 0.2) is 72.0 Å². The molecule has 7 nitrogen and oxygen atoms in total. The van der Waals surface area contributed by atoms with Gasteiger partial charge in [-0.05, 0) is 62.7 Å². The van der Waals surface area contributed by atoms with Gasteiger partial charge in [0.15, 0.2) is 0 Å². The number of nitrogens with one attached hydrogen (secondary N) is 1. The third-order valence-corrected chi connectivity index (χ3v) is 5.99. The number of carbonyl (C=O) groups excluding carboxylic acids is 1. The molecule has 0 aliphatic rings. The highest BCUT2D eigenvalue weighted by molar-refractivity contribution is 7.84. The topological polar surface area (TPSA) is 86.1 Å². The van der Waals surface area contributed by atoms with Crippen LogP contribution >= 0.6 is 0 Å². The minimum Gasteiger partial charge on any atom is -0.457 e. The molecule has 0 aliphatic carbocycles. The Morgan fingerprint density at radius 2 is 1.88 bits per heavy atom. The average molecular weight is 463 g/mol. The monoisotopic (exact) mass is 462 g/mol. The summed E-state index contributed by atoms with van der Waals surface area (Å²) in [6.07, 6.45) is 7.04. The summed E-state index contributed by atoms with van der Waals surface area (Å²) in [6.45, 7) is 6.15. The highest BCUT2D eigenvalue weighted by Gasteiger charge is 2.15. The van der Waals surface area contributed by atoms with Crippen LogP contribution in [0.4, 0.5) is 5.69 Å². The van der Waals surface area contributed by atoms with Gasteiger partial charge in [-0.3, -0.25) is 18.7 Å². The highest BCUT2D eigenvalue weighted by Crippen LogP contribution is 2.30. The molecule has 0 radical (unpaired) electrons. The van der Waals surface area contributed by atoms with E-state index < -0.39 is 10.8 Å². The number of benzene rings is 2. The van der Waals surface area contributed by atoms with Gasteiger partial charge in [-0.25, -0.2) is 0 Å². The van der Waals surface area contributed by atoms with Crippen molar-refractivity contribution in [1.29, 1.82) is 0 Å². The van der Waals surface area contributed by atoms with Crippen LogP contribution in [0, 0.1) is 0 Å². The van der Waals surface area contributed by atoms with Gasteiger partial charge in [0.25, 0.3) is 0 Å². The van der Waals surface area contributed by atoms with Crippen LogP contribution in [0.25, 0.3) is 10.9 Å². The maximum absolute atomic E-state index is 12.4. The largest absolute Gasteiger partial charge is 0.457 e. The van der Waals surface area contributed by atoms with E-state index in [4.69, 9.17) is 4.74 Å². The number of hydrogen-bond acceptors (Lipinski definition) is 5. The van der Waals surface area contributed by atoms with Gasteiger partial charge in [-0.2, -0.15) is 5.10 Å². The molecule has 0 fully saturated rings. The fraction of sp³-hybridized carbons (Fsp3) is 0.240. The Hall–Kier alpha value is -3.52. The van der Waals surface area contributed by atoms with Gasteiger partial charge in [-0.1, -0.05) is 12.1 Å². The van der Waals surface area contributed by atoms with Crippen molar-refractivity contribution >= 4 is 33.3 Å². The molecule has 0 saturated heterocycles. The molecule has 1 N–H and O–H groups in total. The summed E-state index contributed by atoms with van der Waals surface area (Å²) in [5.41, 5.74) is 2.16. The summed E-state index contributed by atoms with van der Waals surface area (Å²) >= 11 is 0. The number of carbonyl (C=O) groups is 1. The van der Waals surface area contributed by atoms with Crippen molar-refractivity contribution in [3.63, 3.8) is 0 Å². The lowest BCUT2D eigenvalue weighted by atomic mass is 10.1. The Bertz CT molecular complexity index is 1320. The molecular formula is C25H26N4O3S. The normalized spacial score (nSPS) is 12.5. The Labute approximate surface area is 195 Å². The van der Waals surface area contributed by atoms with Crippen molar-refractivity contribution in [2.24, 2.45) is 0 Å². The molecule has 2 heterocycles. The maximum atomic E-state index is 12.4. The zero-order valence-electron chi connectivity index (χ0n) is 19.0. The van der Waals surface area contributed by atoms with E-state index in [1.807, 2.05) is 74.1 Å². The molecule has 4 aromatic rings. The standard InChI is InChI=1S/C25H26N4O3S/c1-25(2,3)29-16-18(15-27-29)28-24(30)13-17-5-7-19(8-6-17)32-23-11-12-26-22-10-9-20(33(4)31)14-21(22)23/h5-12,14-16H,13H2,1-4H3,(H,28,30). The summed E-state index contributed by atoms with van der Waals surface area (Å²) in [4.78, 5) is 17.5. The second-order valence-corrected chi connectivity index (χ2v) is 10.1.